The van der Waals surface area contributed by atoms with E-state index in [1.54, 1.807) is 7.11 Å². The molecule has 0 saturated carbocycles. The summed E-state index contributed by atoms with van der Waals surface area (Å²) >= 11 is 0. The summed E-state index contributed by atoms with van der Waals surface area (Å²) in [7, 11) is 1.75. The topological polar surface area (TPSA) is 39.7 Å². The van der Waals surface area contributed by atoms with Gasteiger partial charge in [0.25, 0.3) is 0 Å². The van der Waals surface area contributed by atoms with Crippen LogP contribution in [0, 0.1) is 5.41 Å². The third-order valence-electron chi connectivity index (χ3n) is 3.35. The van der Waals surface area contributed by atoms with Crippen molar-refractivity contribution in [3.63, 3.8) is 0 Å². The Kier molecular flexibility index (Phi) is 4.66. The Bertz CT molecular complexity index is 418. The predicted octanol–water partition coefficient (Wildman–Crippen LogP) is 2.57. The van der Waals surface area contributed by atoms with E-state index in [1.807, 2.05) is 12.1 Å². The van der Waals surface area contributed by atoms with E-state index in [1.165, 1.54) is 5.56 Å². The number of methoxy groups -OCH3 is 1. The minimum atomic E-state index is 0.242. The summed E-state index contributed by atoms with van der Waals surface area (Å²) in [5, 5.41) is 3.49. The minimum Gasteiger partial charge on any atom is -0.454 e. The molecule has 0 radical (unpaired) electrons. The molecule has 2 rings (SSSR count). The summed E-state index contributed by atoms with van der Waals surface area (Å²) in [6.07, 6.45) is 1.05. The van der Waals surface area contributed by atoms with Crippen molar-refractivity contribution in [2.75, 3.05) is 27.1 Å². The standard InChI is InChI=1S/C15H23NO3/c1-15(2,6-7-17-3)10-16-9-12-4-5-13-14(8-12)19-11-18-13/h4-5,8,16H,6-7,9-11H2,1-3H3. The Morgan fingerprint density at radius 3 is 2.84 bits per heavy atom. The van der Waals surface area contributed by atoms with Crippen molar-refractivity contribution in [3.05, 3.63) is 23.8 Å². The quantitative estimate of drug-likeness (QED) is 0.822. The fourth-order valence-electron chi connectivity index (χ4n) is 2.06. The van der Waals surface area contributed by atoms with E-state index in [-0.39, 0.29) is 5.41 Å². The monoisotopic (exact) mass is 265 g/mol. The molecule has 4 nitrogen and oxygen atoms in total. The van der Waals surface area contributed by atoms with Crippen LogP contribution in [-0.2, 0) is 11.3 Å². The Hall–Kier alpha value is -1.26. The van der Waals surface area contributed by atoms with Crippen molar-refractivity contribution >= 4 is 0 Å². The molecule has 4 heteroatoms. The highest BCUT2D eigenvalue weighted by molar-refractivity contribution is 5.44. The van der Waals surface area contributed by atoms with Crippen molar-refractivity contribution in [1.29, 1.82) is 0 Å². The van der Waals surface area contributed by atoms with Gasteiger partial charge in [-0.1, -0.05) is 19.9 Å². The first-order valence-electron chi connectivity index (χ1n) is 6.69. The van der Waals surface area contributed by atoms with Gasteiger partial charge in [-0.15, -0.1) is 0 Å². The maximum Gasteiger partial charge on any atom is 0.231 e. The second-order valence-corrected chi connectivity index (χ2v) is 5.70. The summed E-state index contributed by atoms with van der Waals surface area (Å²) in [5.41, 5.74) is 1.46. The smallest absolute Gasteiger partial charge is 0.231 e. The summed E-state index contributed by atoms with van der Waals surface area (Å²) in [4.78, 5) is 0. The van der Waals surface area contributed by atoms with E-state index in [2.05, 4.69) is 25.2 Å². The number of hydrogen-bond acceptors (Lipinski definition) is 4. The van der Waals surface area contributed by atoms with E-state index < -0.39 is 0 Å². The van der Waals surface area contributed by atoms with Crippen molar-refractivity contribution in [2.45, 2.75) is 26.8 Å². The van der Waals surface area contributed by atoms with Gasteiger partial charge in [-0.05, 0) is 29.5 Å². The zero-order valence-corrected chi connectivity index (χ0v) is 12.0. The zero-order valence-electron chi connectivity index (χ0n) is 12.0. The summed E-state index contributed by atoms with van der Waals surface area (Å²) < 4.78 is 15.8. The molecule has 0 fully saturated rings. The van der Waals surface area contributed by atoms with Crippen molar-refractivity contribution in [1.82, 2.24) is 5.32 Å². The van der Waals surface area contributed by atoms with Gasteiger partial charge in [0.2, 0.25) is 6.79 Å². The predicted molar refractivity (Wildman–Crippen MR) is 74.5 cm³/mol. The molecule has 0 atom stereocenters. The molecule has 1 aromatic rings. The van der Waals surface area contributed by atoms with Gasteiger partial charge in [-0.25, -0.2) is 0 Å². The van der Waals surface area contributed by atoms with E-state index in [9.17, 15) is 0 Å². The lowest BCUT2D eigenvalue weighted by Gasteiger charge is -2.24. The number of benzene rings is 1. The van der Waals surface area contributed by atoms with Crippen molar-refractivity contribution < 1.29 is 14.2 Å². The van der Waals surface area contributed by atoms with E-state index in [0.717, 1.165) is 37.6 Å². The third kappa shape index (κ3) is 4.11. The van der Waals surface area contributed by atoms with Crippen LogP contribution in [0.2, 0.25) is 0 Å². The van der Waals surface area contributed by atoms with Gasteiger partial charge in [0.05, 0.1) is 0 Å². The van der Waals surface area contributed by atoms with Gasteiger partial charge in [0.1, 0.15) is 0 Å². The van der Waals surface area contributed by atoms with Crippen LogP contribution in [0.25, 0.3) is 0 Å². The lowest BCUT2D eigenvalue weighted by molar-refractivity contribution is 0.150. The second kappa shape index (κ2) is 6.26. The molecule has 0 spiro atoms. The van der Waals surface area contributed by atoms with E-state index in [4.69, 9.17) is 14.2 Å². The van der Waals surface area contributed by atoms with Gasteiger partial charge in [0.15, 0.2) is 11.5 Å². The van der Waals surface area contributed by atoms with Crippen LogP contribution in [0.4, 0.5) is 0 Å². The molecule has 1 aromatic carbocycles. The van der Waals surface area contributed by atoms with Crippen LogP contribution >= 0.6 is 0 Å². The van der Waals surface area contributed by atoms with Gasteiger partial charge in [-0.3, -0.25) is 0 Å². The molecular weight excluding hydrogens is 242 g/mol. The number of rotatable bonds is 7. The van der Waals surface area contributed by atoms with E-state index in [0.29, 0.717) is 6.79 Å². The number of hydrogen-bond donors (Lipinski definition) is 1. The largest absolute Gasteiger partial charge is 0.454 e. The third-order valence-corrected chi connectivity index (χ3v) is 3.35. The molecule has 0 aliphatic carbocycles. The molecular formula is C15H23NO3. The maximum absolute atomic E-state index is 5.37. The Labute approximate surface area is 115 Å². The summed E-state index contributed by atoms with van der Waals surface area (Å²) in [5.74, 6) is 1.68. The highest BCUT2D eigenvalue weighted by Gasteiger charge is 2.17. The Morgan fingerprint density at radius 2 is 2.05 bits per heavy atom. The normalized spacial score (nSPS) is 13.8. The van der Waals surface area contributed by atoms with Crippen LogP contribution in [0.1, 0.15) is 25.8 Å². The lowest BCUT2D eigenvalue weighted by Crippen LogP contribution is -2.30. The minimum absolute atomic E-state index is 0.242. The van der Waals surface area contributed by atoms with Gasteiger partial charge in [-0.2, -0.15) is 0 Å². The lowest BCUT2D eigenvalue weighted by atomic mass is 9.89. The Balaban J connectivity index is 1.79. The van der Waals surface area contributed by atoms with E-state index >= 15 is 0 Å². The van der Waals surface area contributed by atoms with Crippen LogP contribution in [-0.4, -0.2) is 27.1 Å². The number of ether oxygens (including phenoxy) is 3. The zero-order chi connectivity index (χ0) is 13.7. The fraction of sp³-hybridized carbons (Fsp3) is 0.600. The first-order chi connectivity index (χ1) is 9.11. The van der Waals surface area contributed by atoms with Gasteiger partial charge >= 0.3 is 0 Å². The molecule has 1 heterocycles. The molecule has 0 unspecified atom stereocenters. The molecule has 0 saturated heterocycles. The highest BCUT2D eigenvalue weighted by Crippen LogP contribution is 2.32. The fourth-order valence-corrected chi connectivity index (χ4v) is 2.06. The molecule has 0 amide bonds. The molecule has 0 bridgehead atoms. The van der Waals surface area contributed by atoms with Crippen LogP contribution < -0.4 is 14.8 Å². The van der Waals surface area contributed by atoms with Crippen LogP contribution in [0.15, 0.2) is 18.2 Å². The molecule has 106 valence electrons. The molecule has 1 aliphatic rings. The average molecular weight is 265 g/mol. The second-order valence-electron chi connectivity index (χ2n) is 5.70. The van der Waals surface area contributed by atoms with Gasteiger partial charge in [0, 0.05) is 26.8 Å². The van der Waals surface area contributed by atoms with Crippen LogP contribution in [0.5, 0.6) is 11.5 Å². The SMILES string of the molecule is COCCC(C)(C)CNCc1ccc2c(c1)OCO2. The summed E-state index contributed by atoms with van der Waals surface area (Å²) in [6.45, 7) is 7.43. The van der Waals surface area contributed by atoms with Crippen molar-refractivity contribution in [3.8, 4) is 11.5 Å². The average Bonchev–Trinajstić information content (AvgIpc) is 2.83. The molecule has 19 heavy (non-hydrogen) atoms. The number of nitrogens with one attached hydrogen (secondary N) is 1. The molecule has 1 N–H and O–H groups in total. The number of fused-ring (bicyclic) bond motifs is 1. The summed E-state index contributed by atoms with van der Waals surface area (Å²) in [6, 6.07) is 6.08. The van der Waals surface area contributed by atoms with Gasteiger partial charge < -0.3 is 19.5 Å². The maximum atomic E-state index is 5.37. The van der Waals surface area contributed by atoms with Crippen molar-refractivity contribution in [2.24, 2.45) is 5.41 Å². The van der Waals surface area contributed by atoms with Crippen LogP contribution in [0.3, 0.4) is 0 Å². The Morgan fingerprint density at radius 1 is 1.26 bits per heavy atom. The molecule has 0 aromatic heterocycles. The first-order valence-corrected chi connectivity index (χ1v) is 6.69. The highest BCUT2D eigenvalue weighted by atomic mass is 16.7. The molecule has 1 aliphatic heterocycles. The first kappa shape index (κ1) is 14.2.